The SMILES string of the molecule is COC(=O)c1nc(C2(C)CC2)nc2c1CNC2. The lowest BCUT2D eigenvalue weighted by Gasteiger charge is -2.11. The zero-order chi connectivity index (χ0) is 12.0. The molecular weight excluding hydrogens is 218 g/mol. The quantitative estimate of drug-likeness (QED) is 0.769. The summed E-state index contributed by atoms with van der Waals surface area (Å²) in [5, 5.41) is 3.20. The second-order valence-corrected chi connectivity index (χ2v) is 4.98. The summed E-state index contributed by atoms with van der Waals surface area (Å²) in [6.45, 7) is 3.50. The summed E-state index contributed by atoms with van der Waals surface area (Å²) >= 11 is 0. The predicted molar refractivity (Wildman–Crippen MR) is 60.5 cm³/mol. The molecule has 1 saturated carbocycles. The molecule has 5 nitrogen and oxygen atoms in total. The van der Waals surface area contributed by atoms with Gasteiger partial charge in [0, 0.05) is 24.1 Å². The number of nitrogens with zero attached hydrogens (tertiary/aromatic N) is 2. The van der Waals surface area contributed by atoms with Crippen molar-refractivity contribution < 1.29 is 9.53 Å². The first-order valence-corrected chi connectivity index (χ1v) is 5.83. The molecule has 0 saturated heterocycles. The van der Waals surface area contributed by atoms with Crippen LogP contribution in [0.2, 0.25) is 0 Å². The molecule has 1 aliphatic heterocycles. The Bertz CT molecular complexity index is 495. The van der Waals surface area contributed by atoms with Gasteiger partial charge in [0.05, 0.1) is 12.8 Å². The minimum atomic E-state index is -0.363. The van der Waals surface area contributed by atoms with Crippen LogP contribution in [0.4, 0.5) is 0 Å². The van der Waals surface area contributed by atoms with Gasteiger partial charge < -0.3 is 10.1 Å². The fraction of sp³-hybridized carbons (Fsp3) is 0.583. The first-order chi connectivity index (χ1) is 8.14. The van der Waals surface area contributed by atoms with Gasteiger partial charge in [-0.15, -0.1) is 0 Å². The van der Waals surface area contributed by atoms with Gasteiger partial charge in [-0.3, -0.25) is 0 Å². The van der Waals surface area contributed by atoms with E-state index in [1.807, 2.05) is 0 Å². The van der Waals surface area contributed by atoms with Crippen LogP contribution in [0.3, 0.4) is 0 Å². The van der Waals surface area contributed by atoms with Gasteiger partial charge in [-0.05, 0) is 12.8 Å². The third-order valence-corrected chi connectivity index (χ3v) is 3.61. The standard InChI is InChI=1S/C12H15N3O2/c1-12(3-4-12)11-14-8-6-13-5-7(8)9(15-11)10(16)17-2/h13H,3-6H2,1-2H3. The first kappa shape index (κ1) is 10.7. The zero-order valence-corrected chi connectivity index (χ0v) is 10.0. The van der Waals surface area contributed by atoms with Crippen LogP contribution in [0.1, 0.15) is 47.3 Å². The van der Waals surface area contributed by atoms with Crippen molar-refractivity contribution in [3.05, 3.63) is 22.8 Å². The number of hydrogen-bond donors (Lipinski definition) is 1. The number of hydrogen-bond acceptors (Lipinski definition) is 5. The molecule has 0 aromatic carbocycles. The van der Waals surface area contributed by atoms with E-state index in [9.17, 15) is 4.79 Å². The number of carbonyl (C=O) groups is 1. The molecule has 5 heteroatoms. The Morgan fingerprint density at radius 3 is 2.76 bits per heavy atom. The molecule has 2 aliphatic rings. The van der Waals surface area contributed by atoms with E-state index >= 15 is 0 Å². The van der Waals surface area contributed by atoms with Gasteiger partial charge in [-0.25, -0.2) is 14.8 Å². The minimum Gasteiger partial charge on any atom is -0.464 e. The molecule has 0 atom stereocenters. The summed E-state index contributed by atoms with van der Waals surface area (Å²) in [5.74, 6) is 0.429. The van der Waals surface area contributed by atoms with Gasteiger partial charge in [0.1, 0.15) is 5.82 Å². The second kappa shape index (κ2) is 3.50. The largest absolute Gasteiger partial charge is 0.464 e. The van der Waals surface area contributed by atoms with Gasteiger partial charge in [0.25, 0.3) is 0 Å². The highest BCUT2D eigenvalue weighted by atomic mass is 16.5. The number of esters is 1. The van der Waals surface area contributed by atoms with Crippen molar-refractivity contribution in [2.24, 2.45) is 0 Å². The van der Waals surface area contributed by atoms with Crippen LogP contribution in [-0.2, 0) is 23.2 Å². The molecule has 90 valence electrons. The average molecular weight is 233 g/mol. The third-order valence-electron chi connectivity index (χ3n) is 3.61. The molecule has 0 unspecified atom stereocenters. The van der Waals surface area contributed by atoms with Gasteiger partial charge >= 0.3 is 5.97 Å². The van der Waals surface area contributed by atoms with Crippen molar-refractivity contribution >= 4 is 5.97 Å². The highest BCUT2D eigenvalue weighted by Gasteiger charge is 2.43. The second-order valence-electron chi connectivity index (χ2n) is 4.98. The number of rotatable bonds is 2. The van der Waals surface area contributed by atoms with Crippen LogP contribution in [0.15, 0.2) is 0 Å². The maximum Gasteiger partial charge on any atom is 0.357 e. The van der Waals surface area contributed by atoms with Gasteiger partial charge in [0.15, 0.2) is 5.69 Å². The predicted octanol–water partition coefficient (Wildman–Crippen LogP) is 0.918. The van der Waals surface area contributed by atoms with Crippen molar-refractivity contribution in [2.75, 3.05) is 7.11 Å². The fourth-order valence-electron chi connectivity index (χ4n) is 2.11. The highest BCUT2D eigenvalue weighted by molar-refractivity contribution is 5.89. The molecule has 2 heterocycles. The lowest BCUT2D eigenvalue weighted by Crippen LogP contribution is -2.16. The lowest BCUT2D eigenvalue weighted by molar-refractivity contribution is 0.0592. The monoisotopic (exact) mass is 233 g/mol. The van der Waals surface area contributed by atoms with Crippen molar-refractivity contribution in [1.29, 1.82) is 0 Å². The lowest BCUT2D eigenvalue weighted by atomic mass is 10.1. The van der Waals surface area contributed by atoms with Gasteiger partial charge in [-0.2, -0.15) is 0 Å². The first-order valence-electron chi connectivity index (χ1n) is 5.83. The van der Waals surface area contributed by atoms with Crippen molar-refractivity contribution in [3.8, 4) is 0 Å². The summed E-state index contributed by atoms with van der Waals surface area (Å²) in [6, 6.07) is 0. The van der Waals surface area contributed by atoms with Gasteiger partial charge in [0.2, 0.25) is 0 Å². The number of carbonyl (C=O) groups excluding carboxylic acids is 1. The number of fused-ring (bicyclic) bond motifs is 1. The number of ether oxygens (including phenoxy) is 1. The number of aromatic nitrogens is 2. The van der Waals surface area contributed by atoms with Crippen molar-refractivity contribution in [2.45, 2.75) is 38.3 Å². The maximum absolute atomic E-state index is 11.7. The average Bonchev–Trinajstić information content (AvgIpc) is 2.92. The van der Waals surface area contributed by atoms with E-state index in [-0.39, 0.29) is 11.4 Å². The molecule has 0 radical (unpaired) electrons. The smallest absolute Gasteiger partial charge is 0.357 e. The van der Waals surface area contributed by atoms with Crippen LogP contribution in [-0.4, -0.2) is 23.0 Å². The molecule has 0 amide bonds. The van der Waals surface area contributed by atoms with Crippen molar-refractivity contribution in [1.82, 2.24) is 15.3 Å². The molecule has 1 aliphatic carbocycles. The Morgan fingerprint density at radius 2 is 2.12 bits per heavy atom. The normalized spacial score (nSPS) is 19.9. The Balaban J connectivity index is 2.12. The highest BCUT2D eigenvalue weighted by Crippen LogP contribution is 2.46. The summed E-state index contributed by atoms with van der Waals surface area (Å²) in [7, 11) is 1.39. The third kappa shape index (κ3) is 1.61. The van der Waals surface area contributed by atoms with Crippen molar-refractivity contribution in [3.63, 3.8) is 0 Å². The number of methoxy groups -OCH3 is 1. The van der Waals surface area contributed by atoms with E-state index in [2.05, 4.69) is 22.2 Å². The summed E-state index contributed by atoms with van der Waals surface area (Å²) < 4.78 is 4.79. The van der Waals surface area contributed by atoms with E-state index in [0.29, 0.717) is 18.8 Å². The molecule has 1 fully saturated rings. The topological polar surface area (TPSA) is 64.1 Å². The fourth-order valence-corrected chi connectivity index (χ4v) is 2.11. The zero-order valence-electron chi connectivity index (χ0n) is 10.0. The van der Waals surface area contributed by atoms with E-state index in [4.69, 9.17) is 4.74 Å². The Labute approximate surface area is 99.6 Å². The molecule has 17 heavy (non-hydrogen) atoms. The van der Waals surface area contributed by atoms with Crippen LogP contribution < -0.4 is 5.32 Å². The van der Waals surface area contributed by atoms with Crippen LogP contribution in [0.5, 0.6) is 0 Å². The van der Waals surface area contributed by atoms with E-state index < -0.39 is 0 Å². The molecule has 0 spiro atoms. The molecule has 1 N–H and O–H groups in total. The maximum atomic E-state index is 11.7. The molecule has 0 bridgehead atoms. The van der Waals surface area contributed by atoms with E-state index in [1.54, 1.807) is 0 Å². The van der Waals surface area contributed by atoms with Gasteiger partial charge in [-0.1, -0.05) is 6.92 Å². The Hall–Kier alpha value is -1.49. The van der Waals surface area contributed by atoms with E-state index in [0.717, 1.165) is 29.9 Å². The summed E-state index contributed by atoms with van der Waals surface area (Å²) in [6.07, 6.45) is 2.19. The molecule has 1 aromatic heterocycles. The Kier molecular flexibility index (Phi) is 2.19. The minimum absolute atomic E-state index is 0.0698. The number of nitrogens with one attached hydrogen (secondary N) is 1. The Morgan fingerprint density at radius 1 is 1.35 bits per heavy atom. The van der Waals surface area contributed by atoms with Crippen LogP contribution >= 0.6 is 0 Å². The van der Waals surface area contributed by atoms with E-state index in [1.165, 1.54) is 7.11 Å². The molecule has 3 rings (SSSR count). The summed E-state index contributed by atoms with van der Waals surface area (Å²) in [4.78, 5) is 20.7. The van der Waals surface area contributed by atoms with Crippen LogP contribution in [0, 0.1) is 0 Å². The summed E-state index contributed by atoms with van der Waals surface area (Å²) in [5.41, 5.74) is 2.35. The van der Waals surface area contributed by atoms with Crippen LogP contribution in [0.25, 0.3) is 0 Å². The molecular formula is C12H15N3O2. The molecule has 1 aromatic rings.